The van der Waals surface area contributed by atoms with E-state index in [1.807, 2.05) is 24.3 Å². The van der Waals surface area contributed by atoms with Crippen molar-refractivity contribution in [3.8, 4) is 11.5 Å². The van der Waals surface area contributed by atoms with E-state index in [4.69, 9.17) is 9.47 Å². The van der Waals surface area contributed by atoms with Crippen LogP contribution in [0.4, 0.5) is 0 Å². The first-order chi connectivity index (χ1) is 10.9. The van der Waals surface area contributed by atoms with Gasteiger partial charge < -0.3 is 14.8 Å². The molecule has 0 aliphatic carbocycles. The van der Waals surface area contributed by atoms with E-state index in [2.05, 4.69) is 29.6 Å². The summed E-state index contributed by atoms with van der Waals surface area (Å²) in [5.41, 5.74) is 2.44. The fourth-order valence-corrected chi connectivity index (χ4v) is 2.89. The molecule has 0 spiro atoms. The quantitative estimate of drug-likeness (QED) is 0.901. The molecule has 0 saturated carbocycles. The summed E-state index contributed by atoms with van der Waals surface area (Å²) in [6.07, 6.45) is 3.73. The van der Waals surface area contributed by atoms with Gasteiger partial charge in [0.05, 0.1) is 7.11 Å². The molecule has 0 bridgehead atoms. The molecule has 2 aromatic carbocycles. The highest BCUT2D eigenvalue weighted by Crippen LogP contribution is 2.33. The zero-order valence-electron chi connectivity index (χ0n) is 13.0. The predicted molar refractivity (Wildman–Crippen MR) is 88.4 cm³/mol. The van der Waals surface area contributed by atoms with E-state index in [1.165, 1.54) is 24.8 Å². The van der Waals surface area contributed by atoms with Crippen molar-refractivity contribution >= 4 is 0 Å². The first kappa shape index (κ1) is 14.9. The van der Waals surface area contributed by atoms with E-state index in [1.54, 1.807) is 7.11 Å². The van der Waals surface area contributed by atoms with E-state index in [0.29, 0.717) is 12.6 Å². The van der Waals surface area contributed by atoms with Gasteiger partial charge in [0.25, 0.3) is 0 Å². The molecule has 1 atom stereocenters. The van der Waals surface area contributed by atoms with Gasteiger partial charge in [-0.05, 0) is 42.6 Å². The van der Waals surface area contributed by atoms with Gasteiger partial charge >= 0.3 is 0 Å². The Kier molecular flexibility index (Phi) is 4.96. The molecule has 2 aromatic rings. The summed E-state index contributed by atoms with van der Waals surface area (Å²) < 4.78 is 11.4. The van der Waals surface area contributed by atoms with Crippen LogP contribution in [0.2, 0.25) is 0 Å². The maximum Gasteiger partial charge on any atom is 0.161 e. The van der Waals surface area contributed by atoms with Crippen molar-refractivity contribution in [3.63, 3.8) is 0 Å². The lowest BCUT2D eigenvalue weighted by molar-refractivity contribution is 0.283. The molecule has 1 aliphatic rings. The van der Waals surface area contributed by atoms with Gasteiger partial charge in [0.2, 0.25) is 0 Å². The number of methoxy groups -OCH3 is 1. The van der Waals surface area contributed by atoms with Gasteiger partial charge in [0, 0.05) is 6.04 Å². The molecule has 3 nitrogen and oxygen atoms in total. The second kappa shape index (κ2) is 7.32. The molecule has 1 saturated heterocycles. The summed E-state index contributed by atoms with van der Waals surface area (Å²) >= 11 is 0. The van der Waals surface area contributed by atoms with E-state index < -0.39 is 0 Å². The van der Waals surface area contributed by atoms with Crippen LogP contribution in [-0.4, -0.2) is 13.7 Å². The fraction of sp³-hybridized carbons (Fsp3) is 0.368. The van der Waals surface area contributed by atoms with Gasteiger partial charge in [-0.3, -0.25) is 0 Å². The summed E-state index contributed by atoms with van der Waals surface area (Å²) in [5, 5.41) is 3.58. The van der Waals surface area contributed by atoms with Gasteiger partial charge in [-0.15, -0.1) is 0 Å². The maximum absolute atomic E-state index is 5.99. The summed E-state index contributed by atoms with van der Waals surface area (Å²) in [5.74, 6) is 1.60. The summed E-state index contributed by atoms with van der Waals surface area (Å²) in [4.78, 5) is 0. The third kappa shape index (κ3) is 3.60. The molecule has 0 amide bonds. The number of piperidine rings is 1. The highest BCUT2D eigenvalue weighted by molar-refractivity contribution is 5.44. The first-order valence-electron chi connectivity index (χ1n) is 7.95. The third-order valence-corrected chi connectivity index (χ3v) is 4.14. The van der Waals surface area contributed by atoms with Crippen LogP contribution >= 0.6 is 0 Å². The summed E-state index contributed by atoms with van der Waals surface area (Å²) in [6.45, 7) is 1.65. The molecule has 1 N–H and O–H groups in total. The fourth-order valence-electron chi connectivity index (χ4n) is 2.89. The molecule has 0 aromatic heterocycles. The Morgan fingerprint density at radius 3 is 2.64 bits per heavy atom. The maximum atomic E-state index is 5.99. The van der Waals surface area contributed by atoms with Crippen molar-refractivity contribution < 1.29 is 9.47 Å². The monoisotopic (exact) mass is 297 g/mol. The highest BCUT2D eigenvalue weighted by Gasteiger charge is 2.16. The van der Waals surface area contributed by atoms with E-state index in [9.17, 15) is 0 Å². The topological polar surface area (TPSA) is 30.5 Å². The molecule has 0 unspecified atom stereocenters. The summed E-state index contributed by atoms with van der Waals surface area (Å²) in [6, 6.07) is 16.9. The first-order valence-corrected chi connectivity index (χ1v) is 7.95. The normalized spacial score (nSPS) is 18.0. The lowest BCUT2D eigenvalue weighted by Crippen LogP contribution is -2.26. The molecule has 1 aliphatic heterocycles. The average Bonchev–Trinajstić information content (AvgIpc) is 2.61. The lowest BCUT2D eigenvalue weighted by atomic mass is 9.97. The number of benzene rings is 2. The number of nitrogens with one attached hydrogen (secondary N) is 1. The number of hydrogen-bond acceptors (Lipinski definition) is 3. The SMILES string of the molecule is COc1ccc([C@H]2CCCCN2)cc1OCc1ccccc1. The zero-order chi connectivity index (χ0) is 15.2. The Morgan fingerprint density at radius 2 is 1.91 bits per heavy atom. The van der Waals surface area contributed by atoms with Gasteiger partial charge in [-0.2, -0.15) is 0 Å². The molecule has 3 heteroatoms. The molecule has 22 heavy (non-hydrogen) atoms. The van der Waals surface area contributed by atoms with Crippen LogP contribution in [-0.2, 0) is 6.61 Å². The number of rotatable bonds is 5. The smallest absolute Gasteiger partial charge is 0.161 e. The van der Waals surface area contributed by atoms with Crippen LogP contribution < -0.4 is 14.8 Å². The van der Waals surface area contributed by atoms with E-state index in [0.717, 1.165) is 23.6 Å². The Morgan fingerprint density at radius 1 is 1.05 bits per heavy atom. The van der Waals surface area contributed by atoms with Crippen molar-refractivity contribution in [1.82, 2.24) is 5.32 Å². The van der Waals surface area contributed by atoms with Gasteiger partial charge in [0.1, 0.15) is 6.61 Å². The van der Waals surface area contributed by atoms with Crippen molar-refractivity contribution in [2.45, 2.75) is 31.9 Å². The van der Waals surface area contributed by atoms with Crippen LogP contribution in [0, 0.1) is 0 Å². The van der Waals surface area contributed by atoms with Crippen LogP contribution in [0.3, 0.4) is 0 Å². The second-order valence-corrected chi connectivity index (χ2v) is 5.69. The van der Waals surface area contributed by atoms with Crippen LogP contribution in [0.5, 0.6) is 11.5 Å². The van der Waals surface area contributed by atoms with E-state index >= 15 is 0 Å². The zero-order valence-corrected chi connectivity index (χ0v) is 13.0. The number of ether oxygens (including phenoxy) is 2. The Labute approximate surface area is 132 Å². The third-order valence-electron chi connectivity index (χ3n) is 4.14. The molecule has 1 heterocycles. The van der Waals surface area contributed by atoms with Crippen molar-refractivity contribution in [1.29, 1.82) is 0 Å². The second-order valence-electron chi connectivity index (χ2n) is 5.69. The Balaban J connectivity index is 1.75. The summed E-state index contributed by atoms with van der Waals surface area (Å²) in [7, 11) is 1.68. The predicted octanol–water partition coefficient (Wildman–Crippen LogP) is 4.09. The molecule has 116 valence electrons. The van der Waals surface area contributed by atoms with Crippen molar-refractivity contribution in [3.05, 3.63) is 59.7 Å². The molecule has 1 fully saturated rings. The standard InChI is InChI=1S/C19H23NO2/c1-21-18-11-10-16(17-9-5-6-12-20-17)13-19(18)22-14-15-7-3-2-4-8-15/h2-4,7-8,10-11,13,17,20H,5-6,9,12,14H2,1H3/t17-/m1/s1. The Hall–Kier alpha value is -2.00. The van der Waals surface area contributed by atoms with Crippen molar-refractivity contribution in [2.24, 2.45) is 0 Å². The Bertz CT molecular complexity index is 592. The molecular weight excluding hydrogens is 274 g/mol. The molecular formula is C19H23NO2. The minimum absolute atomic E-state index is 0.429. The van der Waals surface area contributed by atoms with E-state index in [-0.39, 0.29) is 0 Å². The minimum atomic E-state index is 0.429. The van der Waals surface area contributed by atoms with Gasteiger partial charge in [-0.25, -0.2) is 0 Å². The van der Waals surface area contributed by atoms with Crippen LogP contribution in [0.1, 0.15) is 36.4 Å². The molecule has 0 radical (unpaired) electrons. The average molecular weight is 297 g/mol. The van der Waals surface area contributed by atoms with Crippen molar-refractivity contribution in [2.75, 3.05) is 13.7 Å². The molecule has 3 rings (SSSR count). The number of hydrogen-bond donors (Lipinski definition) is 1. The largest absolute Gasteiger partial charge is 0.493 e. The highest BCUT2D eigenvalue weighted by atomic mass is 16.5. The van der Waals surface area contributed by atoms with Crippen LogP contribution in [0.25, 0.3) is 0 Å². The van der Waals surface area contributed by atoms with Gasteiger partial charge in [-0.1, -0.05) is 42.8 Å². The minimum Gasteiger partial charge on any atom is -0.493 e. The lowest BCUT2D eigenvalue weighted by Gasteiger charge is -2.24. The van der Waals surface area contributed by atoms with Gasteiger partial charge in [0.15, 0.2) is 11.5 Å². The van der Waals surface area contributed by atoms with Crippen LogP contribution in [0.15, 0.2) is 48.5 Å².